The molecular formula is C10H12F3NO. The number of rotatable bonds is 3. The van der Waals surface area contributed by atoms with E-state index in [1.165, 1.54) is 7.11 Å². The summed E-state index contributed by atoms with van der Waals surface area (Å²) in [6.45, 7) is 1.87. The second-order valence-corrected chi connectivity index (χ2v) is 3.25. The standard InChI is InChI=1S/C10H12F3NO/c1-5(4-14)6-3-7(11)8(12)9(13)10(6)15-2/h3,5H,4,14H2,1-2H3. The summed E-state index contributed by atoms with van der Waals surface area (Å²) in [7, 11) is 1.20. The zero-order valence-electron chi connectivity index (χ0n) is 8.48. The van der Waals surface area contributed by atoms with Crippen molar-refractivity contribution in [3.05, 3.63) is 29.1 Å². The van der Waals surface area contributed by atoms with Crippen LogP contribution >= 0.6 is 0 Å². The molecular weight excluding hydrogens is 207 g/mol. The summed E-state index contributed by atoms with van der Waals surface area (Å²) in [5.74, 6) is -4.66. The monoisotopic (exact) mass is 219 g/mol. The lowest BCUT2D eigenvalue weighted by atomic mass is 9.99. The van der Waals surface area contributed by atoms with Crippen molar-refractivity contribution < 1.29 is 17.9 Å². The number of ether oxygens (including phenoxy) is 1. The van der Waals surface area contributed by atoms with Crippen molar-refractivity contribution in [2.75, 3.05) is 13.7 Å². The van der Waals surface area contributed by atoms with Crippen LogP contribution in [0.2, 0.25) is 0 Å². The second-order valence-electron chi connectivity index (χ2n) is 3.25. The second kappa shape index (κ2) is 4.53. The molecule has 0 aromatic heterocycles. The van der Waals surface area contributed by atoms with Crippen molar-refractivity contribution in [1.29, 1.82) is 0 Å². The van der Waals surface area contributed by atoms with Gasteiger partial charge in [0.15, 0.2) is 17.4 Å². The van der Waals surface area contributed by atoms with E-state index in [2.05, 4.69) is 0 Å². The molecule has 0 aliphatic carbocycles. The number of nitrogens with two attached hydrogens (primary N) is 1. The molecule has 0 aliphatic heterocycles. The van der Waals surface area contributed by atoms with Crippen LogP contribution in [0.15, 0.2) is 6.07 Å². The van der Waals surface area contributed by atoms with E-state index >= 15 is 0 Å². The maximum absolute atomic E-state index is 13.2. The zero-order valence-corrected chi connectivity index (χ0v) is 8.48. The number of halogens is 3. The highest BCUT2D eigenvalue weighted by atomic mass is 19.2. The third-order valence-electron chi connectivity index (χ3n) is 2.23. The summed E-state index contributed by atoms with van der Waals surface area (Å²) in [5, 5.41) is 0. The minimum absolute atomic E-state index is 0.195. The fourth-order valence-electron chi connectivity index (χ4n) is 1.30. The smallest absolute Gasteiger partial charge is 0.203 e. The molecule has 5 heteroatoms. The fourth-order valence-corrected chi connectivity index (χ4v) is 1.30. The Kier molecular flexibility index (Phi) is 3.57. The van der Waals surface area contributed by atoms with E-state index in [1.54, 1.807) is 6.92 Å². The minimum Gasteiger partial charge on any atom is -0.493 e. The van der Waals surface area contributed by atoms with Gasteiger partial charge in [0.1, 0.15) is 0 Å². The number of hydrogen-bond donors (Lipinski definition) is 1. The van der Waals surface area contributed by atoms with Crippen LogP contribution in [-0.2, 0) is 0 Å². The van der Waals surface area contributed by atoms with E-state index < -0.39 is 17.5 Å². The maximum Gasteiger partial charge on any atom is 0.203 e. The van der Waals surface area contributed by atoms with Gasteiger partial charge in [0, 0.05) is 5.56 Å². The van der Waals surface area contributed by atoms with Crippen LogP contribution in [-0.4, -0.2) is 13.7 Å². The van der Waals surface area contributed by atoms with Gasteiger partial charge in [-0.25, -0.2) is 8.78 Å². The maximum atomic E-state index is 13.2. The molecule has 0 radical (unpaired) electrons. The average Bonchev–Trinajstić information content (AvgIpc) is 2.24. The molecule has 2 N–H and O–H groups in total. The molecule has 0 saturated carbocycles. The van der Waals surface area contributed by atoms with Gasteiger partial charge in [-0.05, 0) is 18.5 Å². The Morgan fingerprint density at radius 2 is 1.93 bits per heavy atom. The first-order valence-corrected chi connectivity index (χ1v) is 4.44. The van der Waals surface area contributed by atoms with E-state index in [4.69, 9.17) is 10.5 Å². The van der Waals surface area contributed by atoms with Crippen LogP contribution in [0.1, 0.15) is 18.4 Å². The first-order chi connectivity index (χ1) is 7.02. The first-order valence-electron chi connectivity index (χ1n) is 4.44. The molecule has 1 atom stereocenters. The van der Waals surface area contributed by atoms with E-state index in [0.717, 1.165) is 6.07 Å². The lowest BCUT2D eigenvalue weighted by molar-refractivity contribution is 0.353. The van der Waals surface area contributed by atoms with Crippen molar-refractivity contribution in [2.45, 2.75) is 12.8 Å². The Morgan fingerprint density at radius 3 is 2.40 bits per heavy atom. The Labute approximate surface area is 85.8 Å². The van der Waals surface area contributed by atoms with Crippen LogP contribution in [0, 0.1) is 17.5 Å². The third kappa shape index (κ3) is 2.07. The van der Waals surface area contributed by atoms with Crippen LogP contribution in [0.25, 0.3) is 0 Å². The van der Waals surface area contributed by atoms with E-state index in [-0.39, 0.29) is 23.8 Å². The van der Waals surface area contributed by atoms with Gasteiger partial charge in [-0.2, -0.15) is 4.39 Å². The fraction of sp³-hybridized carbons (Fsp3) is 0.400. The third-order valence-corrected chi connectivity index (χ3v) is 2.23. The van der Waals surface area contributed by atoms with Gasteiger partial charge in [-0.3, -0.25) is 0 Å². The Bertz CT molecular complexity index is 368. The van der Waals surface area contributed by atoms with Gasteiger partial charge >= 0.3 is 0 Å². The van der Waals surface area contributed by atoms with Crippen LogP contribution < -0.4 is 10.5 Å². The summed E-state index contributed by atoms with van der Waals surface area (Å²) in [6.07, 6.45) is 0. The van der Waals surface area contributed by atoms with Gasteiger partial charge in [-0.1, -0.05) is 6.92 Å². The first kappa shape index (κ1) is 11.8. The summed E-state index contributed by atoms with van der Waals surface area (Å²) in [4.78, 5) is 0. The number of methoxy groups -OCH3 is 1. The highest BCUT2D eigenvalue weighted by Crippen LogP contribution is 2.31. The normalized spacial score (nSPS) is 12.7. The molecule has 84 valence electrons. The van der Waals surface area contributed by atoms with E-state index in [9.17, 15) is 13.2 Å². The molecule has 0 bridgehead atoms. The molecule has 1 rings (SSSR count). The van der Waals surface area contributed by atoms with Crippen molar-refractivity contribution >= 4 is 0 Å². The largest absolute Gasteiger partial charge is 0.493 e. The van der Waals surface area contributed by atoms with Crippen molar-refractivity contribution in [2.24, 2.45) is 5.73 Å². The van der Waals surface area contributed by atoms with Crippen molar-refractivity contribution in [1.82, 2.24) is 0 Å². The molecule has 0 aliphatic rings. The highest BCUT2D eigenvalue weighted by molar-refractivity contribution is 5.39. The molecule has 1 aromatic carbocycles. The Balaban J connectivity index is 3.38. The van der Waals surface area contributed by atoms with Gasteiger partial charge in [0.2, 0.25) is 5.82 Å². The van der Waals surface area contributed by atoms with Gasteiger partial charge in [0.05, 0.1) is 7.11 Å². The average molecular weight is 219 g/mol. The highest BCUT2D eigenvalue weighted by Gasteiger charge is 2.21. The topological polar surface area (TPSA) is 35.2 Å². The van der Waals surface area contributed by atoms with Crippen LogP contribution in [0.4, 0.5) is 13.2 Å². The molecule has 15 heavy (non-hydrogen) atoms. The molecule has 0 fully saturated rings. The van der Waals surface area contributed by atoms with Crippen molar-refractivity contribution in [3.63, 3.8) is 0 Å². The van der Waals surface area contributed by atoms with Gasteiger partial charge in [-0.15, -0.1) is 0 Å². The minimum atomic E-state index is -1.53. The molecule has 0 amide bonds. The summed E-state index contributed by atoms with van der Waals surface area (Å²) in [5.41, 5.74) is 5.60. The van der Waals surface area contributed by atoms with Crippen LogP contribution in [0.3, 0.4) is 0 Å². The summed E-state index contributed by atoms with van der Waals surface area (Å²) >= 11 is 0. The Hall–Kier alpha value is -1.23. The molecule has 0 saturated heterocycles. The number of hydrogen-bond acceptors (Lipinski definition) is 2. The predicted octanol–water partition coefficient (Wildman–Crippen LogP) is 2.17. The molecule has 2 nitrogen and oxygen atoms in total. The summed E-state index contributed by atoms with van der Waals surface area (Å²) < 4.78 is 43.7. The van der Waals surface area contributed by atoms with Gasteiger partial charge in [0.25, 0.3) is 0 Å². The lowest BCUT2D eigenvalue weighted by Gasteiger charge is -2.15. The van der Waals surface area contributed by atoms with E-state index in [0.29, 0.717) is 0 Å². The Morgan fingerprint density at radius 1 is 1.33 bits per heavy atom. The summed E-state index contributed by atoms with van der Waals surface area (Å²) in [6, 6.07) is 0.911. The van der Waals surface area contributed by atoms with Crippen molar-refractivity contribution in [3.8, 4) is 5.75 Å². The molecule has 0 heterocycles. The lowest BCUT2D eigenvalue weighted by Crippen LogP contribution is -2.12. The quantitative estimate of drug-likeness (QED) is 0.791. The van der Waals surface area contributed by atoms with Gasteiger partial charge < -0.3 is 10.5 Å². The zero-order chi connectivity index (χ0) is 11.6. The SMILES string of the molecule is COc1c(C(C)CN)cc(F)c(F)c1F. The molecule has 1 aromatic rings. The van der Waals surface area contributed by atoms with Crippen LogP contribution in [0.5, 0.6) is 5.75 Å². The van der Waals surface area contributed by atoms with E-state index in [1.807, 2.05) is 0 Å². The molecule has 1 unspecified atom stereocenters. The number of benzene rings is 1. The molecule has 0 spiro atoms. The predicted molar refractivity (Wildman–Crippen MR) is 50.3 cm³/mol.